The monoisotopic (exact) mass is 447 g/mol. The summed E-state index contributed by atoms with van der Waals surface area (Å²) >= 11 is 0. The van der Waals surface area contributed by atoms with E-state index in [-0.39, 0.29) is 18.0 Å². The number of hydrogen-bond donors (Lipinski definition) is 1. The van der Waals surface area contributed by atoms with Gasteiger partial charge in [0.25, 0.3) is 0 Å². The molecule has 3 aromatic rings. The molecule has 3 atom stereocenters. The highest BCUT2D eigenvalue weighted by Gasteiger charge is 2.36. The summed E-state index contributed by atoms with van der Waals surface area (Å²) in [5.41, 5.74) is 1.48. The maximum Gasteiger partial charge on any atom is 0.417 e. The standard InChI is InChI=1S/C22H24F3N5O2/c1-14-5-3-6-17(20(14)30-27-10-11-28-30)21(31)29-12-4-7-18(15(29)2)32-19-9-8-16(13-26-19)22(23,24)25/h3,5-6,8-11,13,15,18,21,31H,4,7,12H2,1-2H3/t15-,18+,21?/m0/s1. The van der Waals surface area contributed by atoms with Crippen LogP contribution in [0.25, 0.3) is 5.69 Å². The summed E-state index contributed by atoms with van der Waals surface area (Å²) < 4.78 is 44.3. The summed E-state index contributed by atoms with van der Waals surface area (Å²) in [6.07, 6.45) is -0.329. The van der Waals surface area contributed by atoms with E-state index in [2.05, 4.69) is 15.2 Å². The van der Waals surface area contributed by atoms with Gasteiger partial charge in [0.2, 0.25) is 5.88 Å². The third kappa shape index (κ3) is 4.46. The minimum atomic E-state index is -4.44. The molecule has 32 heavy (non-hydrogen) atoms. The number of hydrogen-bond acceptors (Lipinski definition) is 6. The van der Waals surface area contributed by atoms with Gasteiger partial charge in [0.1, 0.15) is 12.3 Å². The molecule has 1 fully saturated rings. The molecule has 3 heterocycles. The van der Waals surface area contributed by atoms with E-state index < -0.39 is 18.0 Å². The predicted molar refractivity (Wildman–Crippen MR) is 110 cm³/mol. The smallest absolute Gasteiger partial charge is 0.417 e. The van der Waals surface area contributed by atoms with Crippen LogP contribution in [0, 0.1) is 6.92 Å². The fraction of sp³-hybridized carbons (Fsp3) is 0.409. The van der Waals surface area contributed by atoms with Crippen LogP contribution in [-0.2, 0) is 6.18 Å². The molecular formula is C22H24F3N5O2. The summed E-state index contributed by atoms with van der Waals surface area (Å²) in [5, 5.41) is 19.7. The van der Waals surface area contributed by atoms with Gasteiger partial charge < -0.3 is 9.84 Å². The molecule has 1 aliphatic rings. The fourth-order valence-corrected chi connectivity index (χ4v) is 4.08. The van der Waals surface area contributed by atoms with E-state index in [1.807, 2.05) is 36.9 Å². The second-order valence-electron chi connectivity index (χ2n) is 7.86. The Balaban J connectivity index is 1.54. The van der Waals surface area contributed by atoms with Crippen molar-refractivity contribution in [2.75, 3.05) is 6.54 Å². The Morgan fingerprint density at radius 1 is 1.16 bits per heavy atom. The Hall–Kier alpha value is -2.98. The Labute approximate surface area is 183 Å². The molecule has 1 aliphatic heterocycles. The molecule has 1 saturated heterocycles. The molecule has 0 amide bonds. The highest BCUT2D eigenvalue weighted by molar-refractivity contribution is 5.47. The number of aliphatic hydroxyl groups excluding tert-OH is 1. The van der Waals surface area contributed by atoms with Crippen molar-refractivity contribution in [1.82, 2.24) is 24.9 Å². The number of rotatable bonds is 5. The van der Waals surface area contributed by atoms with E-state index in [1.165, 1.54) is 10.9 Å². The molecule has 4 rings (SSSR count). The van der Waals surface area contributed by atoms with Crippen molar-refractivity contribution in [3.8, 4) is 11.6 Å². The number of alkyl halides is 3. The molecular weight excluding hydrogens is 423 g/mol. The van der Waals surface area contributed by atoms with Crippen molar-refractivity contribution >= 4 is 0 Å². The molecule has 0 saturated carbocycles. The number of aliphatic hydroxyl groups is 1. The molecule has 0 aliphatic carbocycles. The summed E-state index contributed by atoms with van der Waals surface area (Å²) in [6.45, 7) is 4.50. The van der Waals surface area contributed by atoms with Gasteiger partial charge in [-0.25, -0.2) is 4.98 Å². The van der Waals surface area contributed by atoms with Crippen molar-refractivity contribution in [2.45, 2.75) is 51.2 Å². The van der Waals surface area contributed by atoms with Crippen LogP contribution in [0.15, 0.2) is 48.9 Å². The second kappa shape index (κ2) is 8.87. The van der Waals surface area contributed by atoms with Gasteiger partial charge in [0.05, 0.1) is 23.6 Å². The lowest BCUT2D eigenvalue weighted by atomic mass is 9.97. The molecule has 0 bridgehead atoms. The Morgan fingerprint density at radius 2 is 1.91 bits per heavy atom. The van der Waals surface area contributed by atoms with E-state index in [0.29, 0.717) is 24.2 Å². The number of para-hydroxylation sites is 1. The van der Waals surface area contributed by atoms with E-state index in [0.717, 1.165) is 24.2 Å². The van der Waals surface area contributed by atoms with Gasteiger partial charge in [0.15, 0.2) is 0 Å². The van der Waals surface area contributed by atoms with Crippen molar-refractivity contribution in [1.29, 1.82) is 0 Å². The lowest BCUT2D eigenvalue weighted by molar-refractivity contribution is -0.137. The van der Waals surface area contributed by atoms with Crippen LogP contribution >= 0.6 is 0 Å². The lowest BCUT2D eigenvalue weighted by Gasteiger charge is -2.41. The van der Waals surface area contributed by atoms with Crippen molar-refractivity contribution in [3.63, 3.8) is 0 Å². The third-order valence-electron chi connectivity index (χ3n) is 5.78. The maximum absolute atomic E-state index is 12.8. The highest BCUT2D eigenvalue weighted by atomic mass is 19.4. The second-order valence-corrected chi connectivity index (χ2v) is 7.86. The van der Waals surface area contributed by atoms with Crippen LogP contribution in [0.3, 0.4) is 0 Å². The minimum absolute atomic E-state index is 0.128. The van der Waals surface area contributed by atoms with Crippen molar-refractivity contribution in [2.24, 2.45) is 0 Å². The molecule has 7 nitrogen and oxygen atoms in total. The van der Waals surface area contributed by atoms with E-state index in [1.54, 1.807) is 12.4 Å². The highest BCUT2D eigenvalue weighted by Crippen LogP contribution is 2.33. The number of piperidine rings is 1. The topological polar surface area (TPSA) is 76.3 Å². The van der Waals surface area contributed by atoms with E-state index >= 15 is 0 Å². The molecule has 1 unspecified atom stereocenters. The van der Waals surface area contributed by atoms with Crippen molar-refractivity contribution < 1.29 is 23.0 Å². The van der Waals surface area contributed by atoms with Gasteiger partial charge in [0, 0.05) is 30.4 Å². The first-order valence-corrected chi connectivity index (χ1v) is 10.4. The molecule has 1 N–H and O–H groups in total. The Morgan fingerprint density at radius 3 is 2.56 bits per heavy atom. The van der Waals surface area contributed by atoms with Gasteiger partial charge in [-0.1, -0.05) is 18.2 Å². The quantitative estimate of drug-likeness (QED) is 0.639. The van der Waals surface area contributed by atoms with E-state index in [4.69, 9.17) is 4.74 Å². The van der Waals surface area contributed by atoms with Crippen LogP contribution in [0.5, 0.6) is 5.88 Å². The number of nitrogens with zero attached hydrogens (tertiary/aromatic N) is 5. The SMILES string of the molecule is Cc1cccc(C(O)N2CCC[C@@H](Oc3ccc(C(F)(F)F)cn3)[C@@H]2C)c1-n1nccn1. The summed E-state index contributed by atoms with van der Waals surface area (Å²) in [5.74, 6) is 0.128. The van der Waals surface area contributed by atoms with Crippen LogP contribution in [0.2, 0.25) is 0 Å². The average molecular weight is 447 g/mol. The zero-order valence-corrected chi connectivity index (χ0v) is 17.7. The van der Waals surface area contributed by atoms with Gasteiger partial charge in [-0.3, -0.25) is 4.90 Å². The molecule has 2 aromatic heterocycles. The Kier molecular flexibility index (Phi) is 6.16. The number of halogens is 3. The number of aromatic nitrogens is 4. The number of benzene rings is 1. The third-order valence-corrected chi connectivity index (χ3v) is 5.78. The molecule has 170 valence electrons. The average Bonchev–Trinajstić information content (AvgIpc) is 3.29. The minimum Gasteiger partial charge on any atom is -0.473 e. The van der Waals surface area contributed by atoms with Crippen LogP contribution in [-0.4, -0.2) is 48.7 Å². The number of likely N-dealkylation sites (tertiary alicyclic amines) is 1. The van der Waals surface area contributed by atoms with Crippen LogP contribution in [0.1, 0.15) is 42.7 Å². The molecule has 0 spiro atoms. The molecule has 0 radical (unpaired) electrons. The van der Waals surface area contributed by atoms with Crippen LogP contribution < -0.4 is 4.74 Å². The van der Waals surface area contributed by atoms with Gasteiger partial charge in [-0.05, 0) is 38.3 Å². The van der Waals surface area contributed by atoms with Crippen molar-refractivity contribution in [3.05, 3.63) is 65.6 Å². The van der Waals surface area contributed by atoms with Gasteiger partial charge in [-0.15, -0.1) is 0 Å². The zero-order chi connectivity index (χ0) is 22.9. The first-order chi connectivity index (χ1) is 15.3. The first kappa shape index (κ1) is 22.2. The zero-order valence-electron chi connectivity index (χ0n) is 17.7. The summed E-state index contributed by atoms with van der Waals surface area (Å²) in [4.78, 5) is 7.22. The largest absolute Gasteiger partial charge is 0.473 e. The lowest BCUT2D eigenvalue weighted by Crippen LogP contribution is -2.50. The molecule has 1 aromatic carbocycles. The normalized spacial score (nSPS) is 20.8. The number of ether oxygens (including phenoxy) is 1. The van der Waals surface area contributed by atoms with E-state index in [9.17, 15) is 18.3 Å². The molecule has 10 heteroatoms. The van der Waals surface area contributed by atoms with Gasteiger partial charge >= 0.3 is 6.18 Å². The maximum atomic E-state index is 12.8. The van der Waals surface area contributed by atoms with Gasteiger partial charge in [-0.2, -0.15) is 28.2 Å². The summed E-state index contributed by atoms with van der Waals surface area (Å²) in [7, 11) is 0. The van der Waals surface area contributed by atoms with Crippen LogP contribution in [0.4, 0.5) is 13.2 Å². The number of aryl methyl sites for hydroxylation is 1. The Bertz CT molecular complexity index is 1040. The summed E-state index contributed by atoms with van der Waals surface area (Å²) in [6, 6.07) is 7.62. The number of pyridine rings is 1. The fourth-order valence-electron chi connectivity index (χ4n) is 4.08. The first-order valence-electron chi connectivity index (χ1n) is 10.4. The predicted octanol–water partition coefficient (Wildman–Crippen LogP) is 3.91.